The molecule has 6 nitrogen and oxygen atoms in total. The molecule has 1 aromatic heterocycles. The summed E-state index contributed by atoms with van der Waals surface area (Å²) in [6.45, 7) is 5.31. The average Bonchev–Trinajstić information content (AvgIpc) is 3.48. The van der Waals surface area contributed by atoms with Crippen molar-refractivity contribution in [2.45, 2.75) is 38.0 Å². The number of alkyl halides is 3. The van der Waals surface area contributed by atoms with E-state index in [4.69, 9.17) is 0 Å². The standard InChI is InChI=1S/C21H25F3N6/c22-21(23,24)18-10-26-20(29-19(18)27-16-3-4-16)28-17-2-1-15-12-30(6-5-14(15)7-17)11-13-8-25-9-13/h1-2,7,10,13,16,25H,3-6,8-9,11-12H2,(H2,26,27,28,29). The minimum Gasteiger partial charge on any atom is -0.367 e. The van der Waals surface area contributed by atoms with Crippen LogP contribution in [0.2, 0.25) is 0 Å². The monoisotopic (exact) mass is 418 g/mol. The van der Waals surface area contributed by atoms with Gasteiger partial charge in [0.2, 0.25) is 5.95 Å². The van der Waals surface area contributed by atoms with Crippen LogP contribution in [0, 0.1) is 5.92 Å². The Hall–Kier alpha value is -2.39. The highest BCUT2D eigenvalue weighted by Gasteiger charge is 2.37. The minimum absolute atomic E-state index is 0.0660. The van der Waals surface area contributed by atoms with Crippen molar-refractivity contribution < 1.29 is 13.2 Å². The third-order valence-corrected chi connectivity index (χ3v) is 5.95. The first-order valence-corrected chi connectivity index (χ1v) is 10.5. The van der Waals surface area contributed by atoms with Crippen LogP contribution in [0.25, 0.3) is 0 Å². The average molecular weight is 418 g/mol. The van der Waals surface area contributed by atoms with Crippen LogP contribution in [0.5, 0.6) is 0 Å². The predicted octanol–water partition coefficient (Wildman–Crippen LogP) is 3.39. The van der Waals surface area contributed by atoms with Gasteiger partial charge in [-0.2, -0.15) is 18.2 Å². The maximum absolute atomic E-state index is 13.3. The number of anilines is 3. The molecule has 3 aliphatic rings. The van der Waals surface area contributed by atoms with Crippen molar-refractivity contribution in [2.75, 3.05) is 36.8 Å². The molecule has 3 N–H and O–H groups in total. The molecule has 1 aromatic carbocycles. The van der Waals surface area contributed by atoms with Crippen LogP contribution in [0.4, 0.5) is 30.6 Å². The number of benzene rings is 1. The normalized spacial score (nSPS) is 19.8. The fourth-order valence-corrected chi connectivity index (χ4v) is 4.00. The SMILES string of the molecule is FC(F)(F)c1cnc(Nc2ccc3c(c2)CCN(CC2CNC2)C3)nc1NC1CC1. The van der Waals surface area contributed by atoms with E-state index in [-0.39, 0.29) is 17.8 Å². The zero-order valence-corrected chi connectivity index (χ0v) is 16.6. The summed E-state index contributed by atoms with van der Waals surface area (Å²) in [6, 6.07) is 6.17. The van der Waals surface area contributed by atoms with Crippen molar-refractivity contribution in [1.82, 2.24) is 20.2 Å². The van der Waals surface area contributed by atoms with Gasteiger partial charge >= 0.3 is 6.18 Å². The van der Waals surface area contributed by atoms with E-state index in [0.717, 1.165) is 69.8 Å². The van der Waals surface area contributed by atoms with Crippen LogP contribution in [-0.2, 0) is 19.1 Å². The van der Waals surface area contributed by atoms with Gasteiger partial charge in [0, 0.05) is 50.6 Å². The van der Waals surface area contributed by atoms with Crippen LogP contribution in [0.1, 0.15) is 29.5 Å². The maximum atomic E-state index is 13.3. The van der Waals surface area contributed by atoms with Crippen molar-refractivity contribution in [3.8, 4) is 0 Å². The summed E-state index contributed by atoms with van der Waals surface area (Å²) >= 11 is 0. The third kappa shape index (κ3) is 4.37. The van der Waals surface area contributed by atoms with Crippen LogP contribution >= 0.6 is 0 Å². The topological polar surface area (TPSA) is 65.1 Å². The highest BCUT2D eigenvalue weighted by Crippen LogP contribution is 2.36. The number of hydrogen-bond donors (Lipinski definition) is 3. The Morgan fingerprint density at radius 2 is 2.00 bits per heavy atom. The molecular weight excluding hydrogens is 393 g/mol. The lowest BCUT2D eigenvalue weighted by Crippen LogP contribution is -2.49. The molecule has 3 heterocycles. The Bertz CT molecular complexity index is 923. The first-order chi connectivity index (χ1) is 14.4. The second-order valence-electron chi connectivity index (χ2n) is 8.49. The molecule has 2 fully saturated rings. The zero-order valence-electron chi connectivity index (χ0n) is 16.6. The molecule has 0 spiro atoms. The summed E-state index contributed by atoms with van der Waals surface area (Å²) in [4.78, 5) is 10.5. The van der Waals surface area contributed by atoms with Gasteiger partial charge in [0.15, 0.2) is 0 Å². The van der Waals surface area contributed by atoms with E-state index >= 15 is 0 Å². The predicted molar refractivity (Wildman–Crippen MR) is 109 cm³/mol. The molecule has 9 heteroatoms. The molecule has 160 valence electrons. The molecule has 2 aromatic rings. The third-order valence-electron chi connectivity index (χ3n) is 5.95. The van der Waals surface area contributed by atoms with Gasteiger partial charge in [-0.3, -0.25) is 4.90 Å². The Labute approximate surface area is 173 Å². The van der Waals surface area contributed by atoms with Gasteiger partial charge in [0.05, 0.1) is 0 Å². The molecule has 30 heavy (non-hydrogen) atoms. The van der Waals surface area contributed by atoms with Crippen molar-refractivity contribution in [1.29, 1.82) is 0 Å². The van der Waals surface area contributed by atoms with E-state index in [1.165, 1.54) is 11.1 Å². The molecule has 0 atom stereocenters. The quantitative estimate of drug-likeness (QED) is 0.669. The highest BCUT2D eigenvalue weighted by molar-refractivity contribution is 5.59. The second-order valence-corrected chi connectivity index (χ2v) is 8.49. The molecule has 1 saturated heterocycles. The fourth-order valence-electron chi connectivity index (χ4n) is 4.00. The molecular formula is C21H25F3N6. The summed E-state index contributed by atoms with van der Waals surface area (Å²) in [5.74, 6) is 0.769. The van der Waals surface area contributed by atoms with Crippen LogP contribution in [0.15, 0.2) is 24.4 Å². The number of nitrogens with one attached hydrogen (secondary N) is 3. The zero-order chi connectivity index (χ0) is 20.7. The van der Waals surface area contributed by atoms with E-state index in [2.05, 4.69) is 43.0 Å². The molecule has 5 rings (SSSR count). The summed E-state index contributed by atoms with van der Waals surface area (Å²) in [5, 5.41) is 9.27. The lowest BCUT2D eigenvalue weighted by molar-refractivity contribution is -0.137. The van der Waals surface area contributed by atoms with Crippen LogP contribution in [-0.4, -0.2) is 47.1 Å². The number of nitrogens with zero attached hydrogens (tertiary/aromatic N) is 3. The van der Waals surface area contributed by atoms with Gasteiger partial charge in [0.25, 0.3) is 0 Å². The molecule has 0 unspecified atom stereocenters. The molecule has 0 bridgehead atoms. The number of rotatable bonds is 6. The van der Waals surface area contributed by atoms with Gasteiger partial charge in [-0.05, 0) is 48.4 Å². The molecule has 1 saturated carbocycles. The van der Waals surface area contributed by atoms with Crippen molar-refractivity contribution >= 4 is 17.5 Å². The summed E-state index contributed by atoms with van der Waals surface area (Å²) in [6.07, 6.45) is -0.936. The first kappa shape index (κ1) is 19.6. The summed E-state index contributed by atoms with van der Waals surface area (Å²) < 4.78 is 39.8. The number of fused-ring (bicyclic) bond motifs is 1. The summed E-state index contributed by atoms with van der Waals surface area (Å²) in [5.41, 5.74) is 2.55. The Morgan fingerprint density at radius 3 is 2.70 bits per heavy atom. The smallest absolute Gasteiger partial charge is 0.367 e. The van der Waals surface area contributed by atoms with Crippen molar-refractivity contribution in [2.24, 2.45) is 5.92 Å². The highest BCUT2D eigenvalue weighted by atomic mass is 19.4. The second kappa shape index (κ2) is 7.70. The largest absolute Gasteiger partial charge is 0.421 e. The minimum atomic E-state index is -4.48. The van der Waals surface area contributed by atoms with Crippen LogP contribution < -0.4 is 16.0 Å². The molecule has 0 radical (unpaired) electrons. The first-order valence-electron chi connectivity index (χ1n) is 10.5. The number of aromatic nitrogens is 2. The lowest BCUT2D eigenvalue weighted by atomic mass is 9.96. The maximum Gasteiger partial charge on any atom is 0.421 e. The van der Waals surface area contributed by atoms with E-state index in [0.29, 0.717) is 0 Å². The van der Waals surface area contributed by atoms with E-state index in [9.17, 15) is 13.2 Å². The Kier molecular flexibility index (Phi) is 5.02. The van der Waals surface area contributed by atoms with Gasteiger partial charge in [-0.25, -0.2) is 4.98 Å². The lowest BCUT2D eigenvalue weighted by Gasteiger charge is -2.36. The Morgan fingerprint density at radius 1 is 1.17 bits per heavy atom. The van der Waals surface area contributed by atoms with E-state index in [1.807, 2.05) is 6.07 Å². The number of hydrogen-bond acceptors (Lipinski definition) is 6. The van der Waals surface area contributed by atoms with Gasteiger partial charge in [0.1, 0.15) is 11.4 Å². The van der Waals surface area contributed by atoms with Gasteiger partial charge in [-0.1, -0.05) is 6.07 Å². The molecule has 0 amide bonds. The Balaban J connectivity index is 1.30. The van der Waals surface area contributed by atoms with Gasteiger partial charge in [-0.15, -0.1) is 0 Å². The fraction of sp³-hybridized carbons (Fsp3) is 0.524. The molecule has 2 aliphatic heterocycles. The summed E-state index contributed by atoms with van der Waals surface area (Å²) in [7, 11) is 0. The van der Waals surface area contributed by atoms with E-state index < -0.39 is 11.7 Å². The van der Waals surface area contributed by atoms with E-state index in [1.54, 1.807) is 0 Å². The van der Waals surface area contributed by atoms with Crippen molar-refractivity contribution in [3.05, 3.63) is 41.1 Å². The van der Waals surface area contributed by atoms with Crippen molar-refractivity contribution in [3.63, 3.8) is 0 Å². The molecule has 1 aliphatic carbocycles. The van der Waals surface area contributed by atoms with Gasteiger partial charge < -0.3 is 16.0 Å². The van der Waals surface area contributed by atoms with Crippen LogP contribution in [0.3, 0.4) is 0 Å². The number of halogens is 3.